The highest BCUT2D eigenvalue weighted by atomic mass is 32.2. The van der Waals surface area contributed by atoms with Gasteiger partial charge in [0.2, 0.25) is 5.91 Å². The molecule has 170 valence electrons. The molecule has 33 heavy (non-hydrogen) atoms. The number of thioether (sulfide) groups is 1. The number of hydrogen-bond donors (Lipinski definition) is 1. The van der Waals surface area contributed by atoms with E-state index < -0.39 is 0 Å². The van der Waals surface area contributed by atoms with Crippen LogP contribution in [-0.2, 0) is 10.2 Å². The van der Waals surface area contributed by atoms with Crippen molar-refractivity contribution in [2.24, 2.45) is 17.8 Å². The molecule has 2 unspecified atom stereocenters. The van der Waals surface area contributed by atoms with Crippen LogP contribution in [0, 0.1) is 17.8 Å². The van der Waals surface area contributed by atoms with Crippen molar-refractivity contribution < 1.29 is 19.4 Å². The van der Waals surface area contributed by atoms with Crippen molar-refractivity contribution in [3.63, 3.8) is 0 Å². The molecular weight excluding hydrogens is 434 g/mol. The van der Waals surface area contributed by atoms with E-state index in [1.54, 1.807) is 7.11 Å². The Bertz CT molecular complexity index is 1160. The van der Waals surface area contributed by atoms with Gasteiger partial charge in [0.15, 0.2) is 0 Å². The zero-order valence-corrected chi connectivity index (χ0v) is 19.4. The number of nitrogens with zero attached hydrogens (tertiary/aromatic N) is 1. The van der Waals surface area contributed by atoms with E-state index in [2.05, 4.69) is 6.07 Å². The SMILES string of the molecule is COc1cc(C2C3SC(=O)N2C3=O)ccc1-c1ccc(O)c(C23CC4CC(CC(C4)C2)C3)c1. The fraction of sp³-hybridized carbons (Fsp3) is 0.481. The van der Waals surface area contributed by atoms with Crippen molar-refractivity contribution in [3.8, 4) is 22.6 Å². The van der Waals surface area contributed by atoms with E-state index in [1.165, 1.54) is 43.4 Å². The van der Waals surface area contributed by atoms with Crippen molar-refractivity contribution >= 4 is 22.9 Å². The second kappa shape index (κ2) is 6.78. The maximum atomic E-state index is 12.0. The predicted octanol–water partition coefficient (Wildman–Crippen LogP) is 5.65. The molecule has 3 aliphatic heterocycles. The molecule has 6 heteroatoms. The van der Waals surface area contributed by atoms with Crippen LogP contribution in [0.1, 0.15) is 55.7 Å². The number of carbonyl (C=O) groups excluding carboxylic acids is 2. The van der Waals surface area contributed by atoms with E-state index in [9.17, 15) is 14.7 Å². The molecule has 4 aliphatic carbocycles. The molecular formula is C27H27NO4S. The van der Waals surface area contributed by atoms with Crippen molar-refractivity contribution in [2.75, 3.05) is 7.11 Å². The number of ether oxygens (including phenoxy) is 1. The van der Waals surface area contributed by atoms with Gasteiger partial charge in [-0.1, -0.05) is 18.2 Å². The highest BCUT2D eigenvalue weighted by molar-refractivity contribution is 8.15. The summed E-state index contributed by atoms with van der Waals surface area (Å²) in [7, 11) is 1.66. The molecule has 2 aromatic rings. The molecule has 7 fully saturated rings. The summed E-state index contributed by atoms with van der Waals surface area (Å²) < 4.78 is 5.77. The first kappa shape index (κ1) is 20.0. The van der Waals surface area contributed by atoms with Crippen LogP contribution < -0.4 is 4.74 Å². The number of β-lactam (4-membered cyclic amide) rings is 1. The quantitative estimate of drug-likeness (QED) is 0.596. The summed E-state index contributed by atoms with van der Waals surface area (Å²) in [6, 6.07) is 11.8. The third-order valence-electron chi connectivity index (χ3n) is 8.95. The molecule has 3 saturated heterocycles. The summed E-state index contributed by atoms with van der Waals surface area (Å²) >= 11 is 1.12. The van der Waals surface area contributed by atoms with E-state index in [1.807, 2.05) is 30.3 Å². The lowest BCUT2D eigenvalue weighted by molar-refractivity contribution is -0.137. The highest BCUT2D eigenvalue weighted by Crippen LogP contribution is 2.62. The van der Waals surface area contributed by atoms with E-state index in [0.29, 0.717) is 5.75 Å². The molecule has 3 heterocycles. The number of benzene rings is 2. The molecule has 0 spiro atoms. The predicted molar refractivity (Wildman–Crippen MR) is 126 cm³/mol. The maximum Gasteiger partial charge on any atom is 0.289 e. The van der Waals surface area contributed by atoms with Crippen molar-refractivity contribution in [3.05, 3.63) is 47.5 Å². The largest absolute Gasteiger partial charge is 0.508 e. The summed E-state index contributed by atoms with van der Waals surface area (Å²) in [6.45, 7) is 0. The Morgan fingerprint density at radius 2 is 1.70 bits per heavy atom. The summed E-state index contributed by atoms with van der Waals surface area (Å²) in [6.07, 6.45) is 7.71. The minimum atomic E-state index is -0.301. The fourth-order valence-electron chi connectivity index (χ4n) is 7.97. The van der Waals surface area contributed by atoms with Gasteiger partial charge in [-0.3, -0.25) is 14.5 Å². The van der Waals surface area contributed by atoms with Gasteiger partial charge in [0, 0.05) is 11.1 Å². The van der Waals surface area contributed by atoms with Crippen LogP contribution in [0.2, 0.25) is 0 Å². The average molecular weight is 462 g/mol. The zero-order chi connectivity index (χ0) is 22.5. The Morgan fingerprint density at radius 3 is 2.27 bits per heavy atom. The van der Waals surface area contributed by atoms with Crippen molar-refractivity contribution in [1.29, 1.82) is 0 Å². The Labute approximate surface area is 197 Å². The number of phenolic OH excluding ortho intramolecular Hbond substituents is 1. The summed E-state index contributed by atoms with van der Waals surface area (Å²) in [5.74, 6) is 3.49. The summed E-state index contributed by atoms with van der Waals surface area (Å²) in [4.78, 5) is 25.4. The average Bonchev–Trinajstić information content (AvgIpc) is 3.30. The van der Waals surface area contributed by atoms with Crippen LogP contribution >= 0.6 is 11.8 Å². The first-order valence-electron chi connectivity index (χ1n) is 12.0. The van der Waals surface area contributed by atoms with E-state index in [4.69, 9.17) is 4.74 Å². The van der Waals surface area contributed by atoms with E-state index in [-0.39, 0.29) is 27.9 Å². The second-order valence-electron chi connectivity index (χ2n) is 10.8. The fourth-order valence-corrected chi connectivity index (χ4v) is 9.13. The molecule has 1 N–H and O–H groups in total. The number of phenols is 1. The Hall–Kier alpha value is -2.47. The van der Waals surface area contributed by atoms with Gasteiger partial charge in [-0.15, -0.1) is 0 Å². The molecule has 4 saturated carbocycles. The summed E-state index contributed by atoms with van der Waals surface area (Å²) in [5, 5.41) is 10.5. The molecule has 2 atom stereocenters. The van der Waals surface area contributed by atoms with Gasteiger partial charge in [0.1, 0.15) is 16.7 Å². The van der Waals surface area contributed by atoms with E-state index >= 15 is 0 Å². The number of rotatable bonds is 4. The monoisotopic (exact) mass is 461 g/mol. The lowest BCUT2D eigenvalue weighted by Crippen LogP contribution is -2.50. The molecule has 2 amide bonds. The Kier molecular flexibility index (Phi) is 4.10. The second-order valence-corrected chi connectivity index (χ2v) is 11.9. The lowest BCUT2D eigenvalue weighted by atomic mass is 9.48. The lowest BCUT2D eigenvalue weighted by Gasteiger charge is -2.57. The van der Waals surface area contributed by atoms with Crippen LogP contribution in [0.5, 0.6) is 11.5 Å². The van der Waals surface area contributed by atoms with Crippen molar-refractivity contribution in [2.45, 2.75) is 55.2 Å². The molecule has 0 aromatic heterocycles. The highest BCUT2D eigenvalue weighted by Gasteiger charge is 2.60. The third-order valence-corrected chi connectivity index (χ3v) is 10.1. The molecule has 0 radical (unpaired) electrons. The van der Waals surface area contributed by atoms with Gasteiger partial charge in [0.25, 0.3) is 5.24 Å². The van der Waals surface area contributed by atoms with Gasteiger partial charge < -0.3 is 9.84 Å². The van der Waals surface area contributed by atoms with E-state index in [0.717, 1.165) is 57.5 Å². The molecule has 5 nitrogen and oxygen atoms in total. The summed E-state index contributed by atoms with van der Waals surface area (Å²) in [5.41, 5.74) is 4.16. The van der Waals surface area contributed by atoms with Gasteiger partial charge >= 0.3 is 0 Å². The number of imide groups is 1. The minimum absolute atomic E-state index is 0.0863. The van der Waals surface area contributed by atoms with Gasteiger partial charge in [-0.25, -0.2) is 0 Å². The molecule has 7 aliphatic rings. The number of carbonyl (C=O) groups is 2. The first-order valence-corrected chi connectivity index (χ1v) is 12.9. The number of fused-ring (bicyclic) bond motifs is 1. The minimum Gasteiger partial charge on any atom is -0.508 e. The smallest absolute Gasteiger partial charge is 0.289 e. The van der Waals surface area contributed by atoms with Gasteiger partial charge in [-0.05, 0) is 103 Å². The van der Waals surface area contributed by atoms with Crippen LogP contribution in [0.4, 0.5) is 4.79 Å². The zero-order valence-electron chi connectivity index (χ0n) is 18.6. The Balaban J connectivity index is 1.26. The Morgan fingerprint density at radius 1 is 1.00 bits per heavy atom. The molecule has 6 bridgehead atoms. The maximum absolute atomic E-state index is 12.0. The van der Waals surface area contributed by atoms with Crippen LogP contribution in [-0.4, -0.2) is 33.5 Å². The number of methoxy groups -OCH3 is 1. The van der Waals surface area contributed by atoms with Crippen LogP contribution in [0.15, 0.2) is 36.4 Å². The van der Waals surface area contributed by atoms with Gasteiger partial charge in [-0.2, -0.15) is 0 Å². The van der Waals surface area contributed by atoms with Crippen molar-refractivity contribution in [1.82, 2.24) is 4.90 Å². The van der Waals surface area contributed by atoms with Crippen LogP contribution in [0.25, 0.3) is 11.1 Å². The van der Waals surface area contributed by atoms with Crippen LogP contribution in [0.3, 0.4) is 0 Å². The standard InChI is InChI=1S/C27H27NO4S/c1-32-22-10-18(23-24-25(30)28(23)26(31)33-24)2-4-19(22)17-3-5-21(29)20(9-17)27-11-14-6-15(12-27)8-16(7-14)13-27/h2-5,9-10,14-16,23-24,29H,6-8,11-13H2,1H3. The topological polar surface area (TPSA) is 66.8 Å². The number of hydrogen-bond acceptors (Lipinski definition) is 5. The third kappa shape index (κ3) is 2.73. The normalized spacial score (nSPS) is 35.8. The number of aromatic hydroxyl groups is 1. The molecule has 2 aromatic carbocycles. The first-order chi connectivity index (χ1) is 16.0. The number of amides is 2. The molecule has 9 rings (SSSR count). The van der Waals surface area contributed by atoms with Gasteiger partial charge in [0.05, 0.1) is 13.2 Å².